The van der Waals surface area contributed by atoms with Crippen molar-refractivity contribution in [3.8, 4) is 17.2 Å². The fourth-order valence-electron chi connectivity index (χ4n) is 3.78. The molecular formula is C21H18ClNO5. The number of anilines is 1. The van der Waals surface area contributed by atoms with E-state index in [-0.39, 0.29) is 12.4 Å². The molecule has 0 unspecified atom stereocenters. The van der Waals surface area contributed by atoms with E-state index < -0.39 is 0 Å². The maximum atomic E-state index is 12.1. The Hall–Kier alpha value is -2.86. The van der Waals surface area contributed by atoms with Crippen LogP contribution in [0.25, 0.3) is 11.0 Å². The summed E-state index contributed by atoms with van der Waals surface area (Å²) in [4.78, 5) is 14.2. The summed E-state index contributed by atoms with van der Waals surface area (Å²) in [5, 5.41) is 1.39. The van der Waals surface area contributed by atoms with Crippen LogP contribution >= 0.6 is 11.6 Å². The van der Waals surface area contributed by atoms with Gasteiger partial charge in [-0.2, -0.15) is 0 Å². The van der Waals surface area contributed by atoms with Crippen LogP contribution in [0, 0.1) is 0 Å². The van der Waals surface area contributed by atoms with Crippen molar-refractivity contribution in [2.24, 2.45) is 0 Å². The molecule has 0 fully saturated rings. The summed E-state index contributed by atoms with van der Waals surface area (Å²) in [6, 6.07) is 9.13. The molecule has 28 heavy (non-hydrogen) atoms. The van der Waals surface area contributed by atoms with Crippen molar-refractivity contribution in [2.45, 2.75) is 26.3 Å². The lowest BCUT2D eigenvalue weighted by Gasteiger charge is -2.31. The maximum absolute atomic E-state index is 12.1. The number of ether oxygens (including phenoxy) is 3. The molecule has 0 radical (unpaired) electrons. The summed E-state index contributed by atoms with van der Waals surface area (Å²) in [7, 11) is 0. The summed E-state index contributed by atoms with van der Waals surface area (Å²) in [5.74, 6) is 2.00. The zero-order valence-corrected chi connectivity index (χ0v) is 16.0. The van der Waals surface area contributed by atoms with E-state index in [0.717, 1.165) is 40.8 Å². The number of rotatable bonds is 3. The zero-order chi connectivity index (χ0) is 19.3. The smallest absolute Gasteiger partial charge is 0.336 e. The number of nitrogens with zero attached hydrogens (tertiary/aromatic N) is 1. The van der Waals surface area contributed by atoms with E-state index in [9.17, 15) is 4.79 Å². The molecular weight excluding hydrogens is 382 g/mol. The SMILES string of the molecule is CCCc1cc(=O)oc2c3c(c(Cl)cc12)OCN(c1ccc2c(c1)OCO2)C3. The largest absolute Gasteiger partial charge is 0.471 e. The van der Waals surface area contributed by atoms with Crippen LogP contribution in [-0.4, -0.2) is 13.5 Å². The van der Waals surface area contributed by atoms with Crippen LogP contribution in [0.2, 0.25) is 5.02 Å². The number of fused-ring (bicyclic) bond motifs is 4. The van der Waals surface area contributed by atoms with Gasteiger partial charge in [-0.1, -0.05) is 24.9 Å². The van der Waals surface area contributed by atoms with E-state index in [0.29, 0.717) is 35.4 Å². The van der Waals surface area contributed by atoms with Crippen molar-refractivity contribution in [3.63, 3.8) is 0 Å². The molecule has 0 saturated carbocycles. The summed E-state index contributed by atoms with van der Waals surface area (Å²) >= 11 is 6.50. The van der Waals surface area contributed by atoms with Gasteiger partial charge in [-0.15, -0.1) is 0 Å². The van der Waals surface area contributed by atoms with Gasteiger partial charge in [0.25, 0.3) is 0 Å². The minimum absolute atomic E-state index is 0.226. The Balaban J connectivity index is 1.62. The summed E-state index contributed by atoms with van der Waals surface area (Å²) in [5.41, 5.74) is 2.83. The highest BCUT2D eigenvalue weighted by atomic mass is 35.5. The Labute approximate surface area is 166 Å². The monoisotopic (exact) mass is 399 g/mol. The molecule has 0 aliphatic carbocycles. The molecule has 5 rings (SSSR count). The van der Waals surface area contributed by atoms with Crippen LogP contribution in [0.15, 0.2) is 39.5 Å². The van der Waals surface area contributed by atoms with Crippen molar-refractivity contribution in [2.75, 3.05) is 18.4 Å². The Kier molecular flexibility index (Phi) is 4.09. The zero-order valence-electron chi connectivity index (χ0n) is 15.3. The standard InChI is InChI=1S/C21H18ClNO5/c1-2-3-12-6-19(24)28-20-14(12)8-16(22)21-15(20)9-23(10-25-21)13-4-5-17-18(7-13)27-11-26-17/h4-8H,2-3,9-11H2,1H3. The van der Waals surface area contributed by atoms with Crippen LogP contribution < -0.4 is 24.7 Å². The van der Waals surface area contributed by atoms with Crippen molar-refractivity contribution >= 4 is 28.3 Å². The van der Waals surface area contributed by atoms with Crippen molar-refractivity contribution < 1.29 is 18.6 Å². The first-order chi connectivity index (χ1) is 13.6. The van der Waals surface area contributed by atoms with Crippen LogP contribution in [0.4, 0.5) is 5.69 Å². The van der Waals surface area contributed by atoms with E-state index in [2.05, 4.69) is 6.92 Å². The lowest BCUT2D eigenvalue weighted by atomic mass is 10.0. The van der Waals surface area contributed by atoms with Crippen LogP contribution in [0.5, 0.6) is 17.2 Å². The molecule has 0 amide bonds. The molecule has 7 heteroatoms. The molecule has 3 heterocycles. The van der Waals surface area contributed by atoms with E-state index >= 15 is 0 Å². The lowest BCUT2D eigenvalue weighted by Crippen LogP contribution is -2.32. The van der Waals surface area contributed by atoms with Gasteiger partial charge in [0, 0.05) is 23.2 Å². The molecule has 0 N–H and O–H groups in total. The molecule has 3 aromatic rings. The maximum Gasteiger partial charge on any atom is 0.336 e. The van der Waals surface area contributed by atoms with E-state index in [1.165, 1.54) is 0 Å². The normalized spacial score (nSPS) is 14.9. The number of halogens is 1. The molecule has 2 aliphatic heterocycles. The van der Waals surface area contributed by atoms with Crippen LogP contribution in [-0.2, 0) is 13.0 Å². The van der Waals surface area contributed by atoms with E-state index in [1.54, 1.807) is 6.07 Å². The molecule has 144 valence electrons. The molecule has 0 spiro atoms. The Morgan fingerprint density at radius 1 is 1.11 bits per heavy atom. The second-order valence-corrected chi connectivity index (χ2v) is 7.30. The highest BCUT2D eigenvalue weighted by Gasteiger charge is 2.26. The van der Waals surface area contributed by atoms with Crippen molar-refractivity contribution in [1.82, 2.24) is 0 Å². The number of hydrogen-bond donors (Lipinski definition) is 0. The first-order valence-corrected chi connectivity index (χ1v) is 9.57. The molecule has 0 atom stereocenters. The molecule has 2 aliphatic rings. The Morgan fingerprint density at radius 2 is 1.96 bits per heavy atom. The van der Waals surface area contributed by atoms with E-state index in [1.807, 2.05) is 29.2 Å². The third-order valence-electron chi connectivity index (χ3n) is 5.08. The fraction of sp³-hybridized carbons (Fsp3) is 0.286. The van der Waals surface area contributed by atoms with Crippen molar-refractivity contribution in [1.29, 1.82) is 0 Å². The third kappa shape index (κ3) is 2.76. The van der Waals surface area contributed by atoms with Gasteiger partial charge in [0.2, 0.25) is 6.79 Å². The quantitative estimate of drug-likeness (QED) is 0.605. The van der Waals surface area contributed by atoms with Gasteiger partial charge >= 0.3 is 5.63 Å². The van der Waals surface area contributed by atoms with Gasteiger partial charge in [0.1, 0.15) is 11.3 Å². The topological polar surface area (TPSA) is 61.1 Å². The first-order valence-electron chi connectivity index (χ1n) is 9.19. The van der Waals surface area contributed by atoms with Gasteiger partial charge in [0.05, 0.1) is 17.1 Å². The van der Waals surface area contributed by atoms with Crippen LogP contribution in [0.3, 0.4) is 0 Å². The fourth-order valence-corrected chi connectivity index (χ4v) is 4.05. The second kappa shape index (κ2) is 6.63. The summed E-state index contributed by atoms with van der Waals surface area (Å²) in [6.07, 6.45) is 1.71. The number of benzene rings is 2. The van der Waals surface area contributed by atoms with Crippen LogP contribution in [0.1, 0.15) is 24.5 Å². The van der Waals surface area contributed by atoms with Gasteiger partial charge in [-0.3, -0.25) is 0 Å². The number of aryl methyl sites for hydroxylation is 1. The lowest BCUT2D eigenvalue weighted by molar-refractivity contribution is 0.174. The predicted molar refractivity (Wildman–Crippen MR) is 106 cm³/mol. The molecule has 1 aromatic heterocycles. The molecule has 6 nitrogen and oxygen atoms in total. The number of hydrogen-bond acceptors (Lipinski definition) is 6. The molecule has 2 aromatic carbocycles. The molecule has 0 bridgehead atoms. The summed E-state index contributed by atoms with van der Waals surface area (Å²) < 4.78 is 22.4. The first kappa shape index (κ1) is 17.3. The van der Waals surface area contributed by atoms with E-state index in [4.69, 9.17) is 30.2 Å². The van der Waals surface area contributed by atoms with Crippen molar-refractivity contribution in [3.05, 3.63) is 56.9 Å². The third-order valence-corrected chi connectivity index (χ3v) is 5.36. The molecule has 0 saturated heterocycles. The Bertz CT molecular complexity index is 1140. The minimum Gasteiger partial charge on any atom is -0.471 e. The predicted octanol–water partition coefficient (Wildman–Crippen LogP) is 4.48. The average molecular weight is 400 g/mol. The van der Waals surface area contributed by atoms with Gasteiger partial charge in [-0.25, -0.2) is 4.79 Å². The second-order valence-electron chi connectivity index (χ2n) is 6.89. The van der Waals surface area contributed by atoms with Gasteiger partial charge < -0.3 is 23.5 Å². The average Bonchev–Trinajstić information content (AvgIpc) is 3.17. The minimum atomic E-state index is -0.360. The van der Waals surface area contributed by atoms with Gasteiger partial charge in [0.15, 0.2) is 18.2 Å². The Morgan fingerprint density at radius 3 is 2.82 bits per heavy atom. The van der Waals surface area contributed by atoms with Gasteiger partial charge in [-0.05, 0) is 30.2 Å². The highest BCUT2D eigenvalue weighted by molar-refractivity contribution is 6.33. The highest BCUT2D eigenvalue weighted by Crippen LogP contribution is 2.42. The summed E-state index contributed by atoms with van der Waals surface area (Å²) in [6.45, 7) is 3.13.